The second kappa shape index (κ2) is 7.26. The molecule has 0 bridgehead atoms. The number of nitrogens with zero attached hydrogens (tertiary/aromatic N) is 1. The van der Waals surface area contributed by atoms with Crippen LogP contribution in [0.25, 0.3) is 10.9 Å². The van der Waals surface area contributed by atoms with Crippen LogP contribution in [0.2, 0.25) is 0 Å². The first-order valence-electron chi connectivity index (χ1n) is 6.84. The van der Waals surface area contributed by atoms with Gasteiger partial charge in [-0.2, -0.15) is 0 Å². The lowest BCUT2D eigenvalue weighted by Crippen LogP contribution is -2.21. The van der Waals surface area contributed by atoms with E-state index < -0.39 is 0 Å². The summed E-state index contributed by atoms with van der Waals surface area (Å²) in [5.41, 5.74) is 1.08. The summed E-state index contributed by atoms with van der Waals surface area (Å²) in [7, 11) is 0. The third kappa shape index (κ3) is 4.04. The third-order valence-electron chi connectivity index (χ3n) is 3.11. The van der Waals surface area contributed by atoms with E-state index >= 15 is 0 Å². The van der Waals surface area contributed by atoms with Gasteiger partial charge in [-0.3, -0.25) is 0 Å². The van der Waals surface area contributed by atoms with Crippen LogP contribution in [0.4, 0.5) is 4.39 Å². The minimum Gasteiger partial charge on any atom is -0.382 e. The number of aromatic nitrogens is 1. The highest BCUT2D eigenvalue weighted by Crippen LogP contribution is 2.16. The van der Waals surface area contributed by atoms with Crippen LogP contribution in [0.15, 0.2) is 30.5 Å². The fourth-order valence-corrected chi connectivity index (χ4v) is 2.13. The van der Waals surface area contributed by atoms with Gasteiger partial charge in [-0.05, 0) is 44.2 Å². The lowest BCUT2D eigenvalue weighted by molar-refractivity contribution is 0.145. The van der Waals surface area contributed by atoms with Gasteiger partial charge in [0.1, 0.15) is 5.82 Å². The molecule has 0 unspecified atom stereocenters. The molecule has 0 saturated heterocycles. The van der Waals surface area contributed by atoms with Crippen LogP contribution in [0, 0.1) is 5.82 Å². The van der Waals surface area contributed by atoms with E-state index in [9.17, 15) is 4.39 Å². The molecular formula is C15H21FN2O. The highest BCUT2D eigenvalue weighted by atomic mass is 19.1. The maximum Gasteiger partial charge on any atom is 0.123 e. The van der Waals surface area contributed by atoms with Crippen LogP contribution in [-0.4, -0.2) is 30.9 Å². The van der Waals surface area contributed by atoms with Gasteiger partial charge in [-0.25, -0.2) is 4.39 Å². The zero-order valence-corrected chi connectivity index (χ0v) is 11.4. The summed E-state index contributed by atoms with van der Waals surface area (Å²) < 4.78 is 20.5. The Kier molecular flexibility index (Phi) is 5.36. The minimum absolute atomic E-state index is 0.181. The highest BCUT2D eigenvalue weighted by molar-refractivity contribution is 5.80. The molecule has 2 rings (SSSR count). The van der Waals surface area contributed by atoms with Crippen LogP contribution in [-0.2, 0) is 11.3 Å². The molecule has 3 nitrogen and oxygen atoms in total. The maximum atomic E-state index is 13.1. The van der Waals surface area contributed by atoms with Crippen LogP contribution < -0.4 is 5.32 Å². The average Bonchev–Trinajstić information content (AvgIpc) is 2.80. The molecule has 0 atom stereocenters. The molecule has 1 aromatic heterocycles. The van der Waals surface area contributed by atoms with Crippen molar-refractivity contribution in [1.82, 2.24) is 9.88 Å². The Morgan fingerprint density at radius 1 is 1.26 bits per heavy atom. The maximum absolute atomic E-state index is 13.1. The van der Waals surface area contributed by atoms with Gasteiger partial charge in [-0.1, -0.05) is 0 Å². The smallest absolute Gasteiger partial charge is 0.123 e. The lowest BCUT2D eigenvalue weighted by atomic mass is 10.2. The fraction of sp³-hybridized carbons (Fsp3) is 0.467. The molecule has 0 saturated carbocycles. The number of fused-ring (bicyclic) bond motifs is 1. The van der Waals surface area contributed by atoms with Gasteiger partial charge in [0, 0.05) is 43.4 Å². The van der Waals surface area contributed by atoms with E-state index in [2.05, 4.69) is 9.88 Å². The number of hydrogen-bond donors (Lipinski definition) is 1. The Balaban J connectivity index is 1.76. The highest BCUT2D eigenvalue weighted by Gasteiger charge is 2.01. The summed E-state index contributed by atoms with van der Waals surface area (Å²) in [6.07, 6.45) is 3.04. The molecule has 0 aliphatic carbocycles. The summed E-state index contributed by atoms with van der Waals surface area (Å²) in [4.78, 5) is 0. The quantitative estimate of drug-likeness (QED) is 0.742. The Morgan fingerprint density at radius 2 is 2.16 bits per heavy atom. The van der Waals surface area contributed by atoms with E-state index in [-0.39, 0.29) is 5.82 Å². The number of rotatable bonds is 8. The molecule has 0 aliphatic heterocycles. The largest absolute Gasteiger partial charge is 0.382 e. The van der Waals surface area contributed by atoms with Crippen LogP contribution >= 0.6 is 0 Å². The van der Waals surface area contributed by atoms with Crippen molar-refractivity contribution in [2.75, 3.05) is 26.3 Å². The summed E-state index contributed by atoms with van der Waals surface area (Å²) in [6.45, 7) is 6.37. The minimum atomic E-state index is -0.181. The average molecular weight is 264 g/mol. The van der Waals surface area contributed by atoms with Crippen LogP contribution in [0.5, 0.6) is 0 Å². The first-order chi connectivity index (χ1) is 9.31. The first kappa shape index (κ1) is 14.0. The summed E-state index contributed by atoms with van der Waals surface area (Å²) >= 11 is 0. The van der Waals surface area contributed by atoms with Crippen molar-refractivity contribution >= 4 is 10.9 Å². The summed E-state index contributed by atoms with van der Waals surface area (Å²) in [5.74, 6) is -0.181. The number of hydrogen-bond acceptors (Lipinski definition) is 2. The van der Waals surface area contributed by atoms with Gasteiger partial charge in [0.25, 0.3) is 0 Å². The van der Waals surface area contributed by atoms with Gasteiger partial charge < -0.3 is 14.6 Å². The van der Waals surface area contributed by atoms with E-state index in [0.717, 1.165) is 50.2 Å². The lowest BCUT2D eigenvalue weighted by Gasteiger charge is -2.07. The molecule has 4 heteroatoms. The van der Waals surface area contributed by atoms with E-state index in [1.165, 1.54) is 6.07 Å². The zero-order chi connectivity index (χ0) is 13.5. The monoisotopic (exact) mass is 264 g/mol. The molecule has 0 radical (unpaired) electrons. The first-order valence-corrected chi connectivity index (χ1v) is 6.84. The molecule has 0 fully saturated rings. The Hall–Kier alpha value is -1.39. The van der Waals surface area contributed by atoms with E-state index in [4.69, 9.17) is 4.74 Å². The third-order valence-corrected chi connectivity index (χ3v) is 3.11. The molecule has 1 N–H and O–H groups in total. The molecule has 0 aliphatic rings. The molecule has 1 heterocycles. The van der Waals surface area contributed by atoms with Gasteiger partial charge in [0.05, 0.1) is 0 Å². The van der Waals surface area contributed by atoms with Crippen molar-refractivity contribution in [3.05, 3.63) is 36.3 Å². The second-order valence-corrected chi connectivity index (χ2v) is 4.51. The van der Waals surface area contributed by atoms with Crippen molar-refractivity contribution in [2.45, 2.75) is 19.9 Å². The van der Waals surface area contributed by atoms with E-state index in [1.54, 1.807) is 6.07 Å². The van der Waals surface area contributed by atoms with Crippen molar-refractivity contribution < 1.29 is 9.13 Å². The summed E-state index contributed by atoms with van der Waals surface area (Å²) in [5, 5.41) is 4.34. The van der Waals surface area contributed by atoms with Crippen LogP contribution in [0.1, 0.15) is 13.3 Å². The van der Waals surface area contributed by atoms with Gasteiger partial charge in [0.2, 0.25) is 0 Å². The van der Waals surface area contributed by atoms with Crippen molar-refractivity contribution in [3.8, 4) is 0 Å². The SMILES string of the molecule is CCOCCCNCCn1ccc2cc(F)ccc21. The van der Waals surface area contributed by atoms with Gasteiger partial charge in [0.15, 0.2) is 0 Å². The summed E-state index contributed by atoms with van der Waals surface area (Å²) in [6, 6.07) is 6.86. The molecule has 19 heavy (non-hydrogen) atoms. The Labute approximate surface area is 113 Å². The fourth-order valence-electron chi connectivity index (χ4n) is 2.13. The van der Waals surface area contributed by atoms with Crippen molar-refractivity contribution in [3.63, 3.8) is 0 Å². The van der Waals surface area contributed by atoms with Gasteiger partial charge >= 0.3 is 0 Å². The standard InChI is InChI=1S/C15H21FN2O/c1-2-19-11-3-7-17-8-10-18-9-6-13-12-14(16)4-5-15(13)18/h4-6,9,12,17H,2-3,7-8,10-11H2,1H3. The van der Waals surface area contributed by atoms with Crippen LogP contribution in [0.3, 0.4) is 0 Å². The van der Waals surface area contributed by atoms with Crippen molar-refractivity contribution in [1.29, 1.82) is 0 Å². The molecule has 0 amide bonds. The molecule has 0 spiro atoms. The molecular weight excluding hydrogens is 243 g/mol. The number of ether oxygens (including phenoxy) is 1. The second-order valence-electron chi connectivity index (χ2n) is 4.51. The topological polar surface area (TPSA) is 26.2 Å². The normalized spacial score (nSPS) is 11.3. The molecule has 2 aromatic rings. The molecule has 104 valence electrons. The number of nitrogens with one attached hydrogen (secondary N) is 1. The zero-order valence-electron chi connectivity index (χ0n) is 11.4. The Bertz CT molecular complexity index is 510. The number of halogens is 1. The van der Waals surface area contributed by atoms with E-state index in [1.807, 2.05) is 25.3 Å². The van der Waals surface area contributed by atoms with Crippen molar-refractivity contribution in [2.24, 2.45) is 0 Å². The Morgan fingerprint density at radius 3 is 3.00 bits per heavy atom. The molecule has 1 aromatic carbocycles. The predicted octanol–water partition coefficient (Wildman–Crippen LogP) is 2.80. The van der Waals surface area contributed by atoms with E-state index in [0.29, 0.717) is 0 Å². The van der Waals surface area contributed by atoms with Gasteiger partial charge in [-0.15, -0.1) is 0 Å². The predicted molar refractivity (Wildman–Crippen MR) is 75.9 cm³/mol. The number of benzene rings is 1.